The highest BCUT2D eigenvalue weighted by Crippen LogP contribution is 2.21. The van der Waals surface area contributed by atoms with Crippen LogP contribution in [-0.2, 0) is 9.47 Å². The van der Waals surface area contributed by atoms with Crippen molar-refractivity contribution in [3.8, 4) is 0 Å². The van der Waals surface area contributed by atoms with E-state index in [4.69, 9.17) is 9.47 Å². The van der Waals surface area contributed by atoms with Gasteiger partial charge < -0.3 is 14.4 Å². The normalized spacial score (nSPS) is 24.6. The van der Waals surface area contributed by atoms with Gasteiger partial charge in [-0.15, -0.1) is 0 Å². The molecule has 3 rings (SSSR count). The third-order valence-electron chi connectivity index (χ3n) is 2.77. The van der Waals surface area contributed by atoms with Crippen LogP contribution in [0.5, 0.6) is 0 Å². The van der Waals surface area contributed by atoms with Crippen molar-refractivity contribution in [1.29, 1.82) is 0 Å². The first kappa shape index (κ1) is 12.3. The molecule has 0 amide bonds. The van der Waals surface area contributed by atoms with E-state index in [1.807, 2.05) is 6.07 Å². The Morgan fingerprint density at radius 2 is 1.47 bits per heavy atom. The zero-order chi connectivity index (χ0) is 12.1. The first-order chi connectivity index (χ1) is 8.42. The molecule has 0 bridgehead atoms. The summed E-state index contributed by atoms with van der Waals surface area (Å²) in [5, 5.41) is 0. The molecule has 4 N–H and O–H groups in total. The van der Waals surface area contributed by atoms with Crippen molar-refractivity contribution in [2.75, 3.05) is 31.2 Å². The van der Waals surface area contributed by atoms with Gasteiger partial charge in [0.05, 0.1) is 25.4 Å². The maximum absolute atomic E-state index is 5.28. The van der Waals surface area contributed by atoms with Crippen LogP contribution >= 0.6 is 0 Å². The van der Waals surface area contributed by atoms with Gasteiger partial charge in [0.25, 0.3) is 0 Å². The molecule has 2 atom stereocenters. The summed E-state index contributed by atoms with van der Waals surface area (Å²) in [6, 6.07) is 10.5. The molecule has 2 heterocycles. The maximum Gasteiger partial charge on any atom is 0.0984 e. The van der Waals surface area contributed by atoms with Crippen LogP contribution in [0, 0.1) is 0 Å². The Balaban J connectivity index is 0.000000514. The highest BCUT2D eigenvalue weighted by molar-refractivity contribution is 5.46. The average Bonchev–Trinajstić information content (AvgIpc) is 3.27. The predicted octanol–water partition coefficient (Wildman–Crippen LogP) is 0.109. The second-order valence-corrected chi connectivity index (χ2v) is 4.15. The number of nitrogens with zero attached hydrogens (tertiary/aromatic N) is 1. The van der Waals surface area contributed by atoms with Crippen LogP contribution in [0.25, 0.3) is 0 Å². The summed E-state index contributed by atoms with van der Waals surface area (Å²) in [4.78, 5) is 2.36. The van der Waals surface area contributed by atoms with Crippen molar-refractivity contribution in [2.45, 2.75) is 12.2 Å². The van der Waals surface area contributed by atoms with Crippen LogP contribution < -0.4 is 16.6 Å². The molecular formula is C12H19N3O2. The predicted molar refractivity (Wildman–Crippen MR) is 66.5 cm³/mol. The molecule has 2 aliphatic rings. The van der Waals surface area contributed by atoms with Gasteiger partial charge in [-0.3, -0.25) is 11.7 Å². The Bertz CT molecular complexity index is 312. The number of ether oxygens (including phenoxy) is 2. The standard InChI is InChI=1S/C12H15NO2.H4N2/c1-2-4-10(5-3-1)13(6-11-8-14-11)7-12-9-15-12;1-2/h1-5,11-12H,6-9H2;1-2H2. The molecule has 5 heteroatoms. The van der Waals surface area contributed by atoms with Crippen LogP contribution in [0.1, 0.15) is 0 Å². The number of hydrazine groups is 1. The SMILES string of the molecule is NN.c1ccc(N(CC2CO2)CC2CO2)cc1. The average molecular weight is 237 g/mol. The van der Waals surface area contributed by atoms with E-state index in [1.54, 1.807) is 0 Å². The molecule has 2 unspecified atom stereocenters. The molecule has 0 saturated carbocycles. The van der Waals surface area contributed by atoms with Gasteiger partial charge in [-0.1, -0.05) is 18.2 Å². The zero-order valence-electron chi connectivity index (χ0n) is 9.79. The number of anilines is 1. The van der Waals surface area contributed by atoms with E-state index < -0.39 is 0 Å². The third-order valence-corrected chi connectivity index (χ3v) is 2.77. The van der Waals surface area contributed by atoms with Gasteiger partial charge in [0.2, 0.25) is 0 Å². The summed E-state index contributed by atoms with van der Waals surface area (Å²) in [5.41, 5.74) is 1.27. The molecule has 1 aromatic carbocycles. The molecular weight excluding hydrogens is 218 g/mol. The van der Waals surface area contributed by atoms with Gasteiger partial charge in [-0.05, 0) is 12.1 Å². The lowest BCUT2D eigenvalue weighted by Crippen LogP contribution is -2.31. The van der Waals surface area contributed by atoms with Crippen molar-refractivity contribution in [2.24, 2.45) is 11.7 Å². The molecule has 2 saturated heterocycles. The molecule has 2 aliphatic heterocycles. The summed E-state index contributed by atoms with van der Waals surface area (Å²) in [6.45, 7) is 3.80. The molecule has 0 aliphatic carbocycles. The number of nitrogens with two attached hydrogens (primary N) is 2. The third kappa shape index (κ3) is 3.98. The lowest BCUT2D eigenvalue weighted by atomic mass is 10.2. The number of rotatable bonds is 5. The van der Waals surface area contributed by atoms with E-state index in [-0.39, 0.29) is 0 Å². The summed E-state index contributed by atoms with van der Waals surface area (Å²) in [5.74, 6) is 8.00. The Labute approximate surface area is 101 Å². The number of benzene rings is 1. The fourth-order valence-electron chi connectivity index (χ4n) is 1.76. The quantitative estimate of drug-likeness (QED) is 0.431. The topological polar surface area (TPSA) is 80.3 Å². The van der Waals surface area contributed by atoms with Crippen molar-refractivity contribution in [3.05, 3.63) is 30.3 Å². The number of hydrogen-bond acceptors (Lipinski definition) is 5. The second-order valence-electron chi connectivity index (χ2n) is 4.15. The summed E-state index contributed by atoms with van der Waals surface area (Å²) in [7, 11) is 0. The number of para-hydroxylation sites is 1. The monoisotopic (exact) mass is 237 g/mol. The van der Waals surface area contributed by atoms with Crippen LogP contribution in [0.4, 0.5) is 5.69 Å². The highest BCUT2D eigenvalue weighted by atomic mass is 16.6. The largest absolute Gasteiger partial charge is 0.371 e. The van der Waals surface area contributed by atoms with E-state index in [9.17, 15) is 0 Å². The Morgan fingerprint density at radius 3 is 1.88 bits per heavy atom. The van der Waals surface area contributed by atoms with E-state index in [0.29, 0.717) is 12.2 Å². The fourth-order valence-corrected chi connectivity index (χ4v) is 1.76. The summed E-state index contributed by atoms with van der Waals surface area (Å²) >= 11 is 0. The minimum Gasteiger partial charge on any atom is -0.371 e. The van der Waals surface area contributed by atoms with Crippen LogP contribution in [0.15, 0.2) is 30.3 Å². The van der Waals surface area contributed by atoms with E-state index >= 15 is 0 Å². The second kappa shape index (κ2) is 5.97. The molecule has 0 aromatic heterocycles. The lowest BCUT2D eigenvalue weighted by molar-refractivity contribution is 0.389. The highest BCUT2D eigenvalue weighted by Gasteiger charge is 2.30. The van der Waals surface area contributed by atoms with Crippen LogP contribution in [-0.4, -0.2) is 38.5 Å². The minimum atomic E-state index is 0.434. The first-order valence-corrected chi connectivity index (χ1v) is 5.78. The van der Waals surface area contributed by atoms with Crippen molar-refractivity contribution < 1.29 is 9.47 Å². The van der Waals surface area contributed by atoms with Crippen molar-refractivity contribution in [3.63, 3.8) is 0 Å². The van der Waals surface area contributed by atoms with Crippen molar-refractivity contribution >= 4 is 5.69 Å². The van der Waals surface area contributed by atoms with Gasteiger partial charge in [-0.2, -0.15) is 0 Å². The zero-order valence-corrected chi connectivity index (χ0v) is 9.79. The van der Waals surface area contributed by atoms with E-state index in [2.05, 4.69) is 40.9 Å². The summed E-state index contributed by atoms with van der Waals surface area (Å²) in [6.07, 6.45) is 0.868. The smallest absolute Gasteiger partial charge is 0.0984 e. The van der Waals surface area contributed by atoms with E-state index in [0.717, 1.165) is 26.3 Å². The van der Waals surface area contributed by atoms with Gasteiger partial charge in [-0.25, -0.2) is 0 Å². The van der Waals surface area contributed by atoms with E-state index in [1.165, 1.54) is 5.69 Å². The van der Waals surface area contributed by atoms with Crippen LogP contribution in [0.2, 0.25) is 0 Å². The van der Waals surface area contributed by atoms with Gasteiger partial charge >= 0.3 is 0 Å². The Morgan fingerprint density at radius 1 is 1.00 bits per heavy atom. The Hall–Kier alpha value is -1.14. The molecule has 2 fully saturated rings. The molecule has 94 valence electrons. The van der Waals surface area contributed by atoms with Crippen LogP contribution in [0.3, 0.4) is 0 Å². The minimum absolute atomic E-state index is 0.434. The molecule has 17 heavy (non-hydrogen) atoms. The van der Waals surface area contributed by atoms with Gasteiger partial charge in [0.15, 0.2) is 0 Å². The number of epoxide rings is 2. The summed E-state index contributed by atoms with van der Waals surface area (Å²) < 4.78 is 10.6. The molecule has 5 nitrogen and oxygen atoms in total. The number of hydrogen-bond donors (Lipinski definition) is 2. The molecule has 0 spiro atoms. The fraction of sp³-hybridized carbons (Fsp3) is 0.500. The van der Waals surface area contributed by atoms with Gasteiger partial charge in [0, 0.05) is 18.8 Å². The molecule has 0 radical (unpaired) electrons. The van der Waals surface area contributed by atoms with Crippen molar-refractivity contribution in [1.82, 2.24) is 0 Å². The molecule has 1 aromatic rings. The Kier molecular flexibility index (Phi) is 4.33. The maximum atomic E-state index is 5.28. The lowest BCUT2D eigenvalue weighted by Gasteiger charge is -2.23. The van der Waals surface area contributed by atoms with Gasteiger partial charge in [0.1, 0.15) is 0 Å². The first-order valence-electron chi connectivity index (χ1n) is 5.78.